The number of ether oxygens (including phenoxy) is 1. The number of aliphatic hydroxyl groups is 1. The lowest BCUT2D eigenvalue weighted by Crippen LogP contribution is -2.35. The second-order valence-corrected chi connectivity index (χ2v) is 5.26. The van der Waals surface area contributed by atoms with Crippen LogP contribution >= 0.6 is 0 Å². The molecule has 1 rings (SSSR count). The Morgan fingerprint density at radius 3 is 2.65 bits per heavy atom. The fourth-order valence-electron chi connectivity index (χ4n) is 2.57. The monoisotopic (exact) mass is 282 g/mol. The molecular formula is C15H26N2O3. The number of Topliss-reactive ketones (excluding diaryl/α,β-unsaturated/α-hetero) is 1. The third-order valence-corrected chi connectivity index (χ3v) is 3.49. The van der Waals surface area contributed by atoms with Crippen molar-refractivity contribution in [2.75, 3.05) is 33.9 Å². The molecule has 5 nitrogen and oxygen atoms in total. The Kier molecular flexibility index (Phi) is 6.39. The molecule has 0 saturated heterocycles. The third-order valence-electron chi connectivity index (χ3n) is 3.49. The van der Waals surface area contributed by atoms with Gasteiger partial charge in [0.15, 0.2) is 5.78 Å². The number of hydrogen-bond acceptors (Lipinski definition) is 4. The summed E-state index contributed by atoms with van der Waals surface area (Å²) >= 11 is 0. The van der Waals surface area contributed by atoms with Gasteiger partial charge in [0.05, 0.1) is 19.3 Å². The van der Waals surface area contributed by atoms with Gasteiger partial charge in [-0.1, -0.05) is 0 Å². The molecule has 0 bridgehead atoms. The van der Waals surface area contributed by atoms with E-state index in [0.29, 0.717) is 13.1 Å². The lowest BCUT2D eigenvalue weighted by atomic mass is 10.1. The fourth-order valence-corrected chi connectivity index (χ4v) is 2.57. The first-order valence-corrected chi connectivity index (χ1v) is 6.96. The van der Waals surface area contributed by atoms with Gasteiger partial charge < -0.3 is 14.4 Å². The number of aromatic nitrogens is 1. The standard InChI is InChI=1S/C15H26N2O3/c1-6-17-11(2)7-14(12(17)3)15(19)9-16(4)8-13(18)10-20-5/h7,13,18H,6,8-10H2,1-5H3. The molecule has 0 saturated carbocycles. The van der Waals surface area contributed by atoms with Gasteiger partial charge >= 0.3 is 0 Å². The summed E-state index contributed by atoms with van der Waals surface area (Å²) in [4.78, 5) is 14.2. The number of ketones is 1. The van der Waals surface area contributed by atoms with E-state index in [4.69, 9.17) is 4.74 Å². The van der Waals surface area contributed by atoms with E-state index in [1.165, 1.54) is 0 Å². The smallest absolute Gasteiger partial charge is 0.178 e. The first-order valence-electron chi connectivity index (χ1n) is 6.96. The molecule has 1 atom stereocenters. The minimum absolute atomic E-state index is 0.0879. The maximum absolute atomic E-state index is 12.3. The van der Waals surface area contributed by atoms with Gasteiger partial charge in [-0.15, -0.1) is 0 Å². The second-order valence-electron chi connectivity index (χ2n) is 5.26. The van der Waals surface area contributed by atoms with E-state index >= 15 is 0 Å². The van der Waals surface area contributed by atoms with E-state index in [9.17, 15) is 9.90 Å². The van der Waals surface area contributed by atoms with Crippen molar-refractivity contribution in [1.82, 2.24) is 9.47 Å². The molecule has 0 spiro atoms. The zero-order valence-electron chi connectivity index (χ0n) is 13.1. The Morgan fingerprint density at radius 1 is 1.50 bits per heavy atom. The predicted molar refractivity (Wildman–Crippen MR) is 79.3 cm³/mol. The van der Waals surface area contributed by atoms with Crippen LogP contribution in [0.15, 0.2) is 6.07 Å². The van der Waals surface area contributed by atoms with Crippen molar-refractivity contribution in [1.29, 1.82) is 0 Å². The van der Waals surface area contributed by atoms with Crippen LogP contribution in [0.4, 0.5) is 0 Å². The first kappa shape index (κ1) is 16.9. The molecule has 0 aliphatic carbocycles. The highest BCUT2D eigenvalue weighted by atomic mass is 16.5. The molecule has 1 N–H and O–H groups in total. The van der Waals surface area contributed by atoms with Crippen molar-refractivity contribution in [3.8, 4) is 0 Å². The summed E-state index contributed by atoms with van der Waals surface area (Å²) < 4.78 is 7.01. The maximum Gasteiger partial charge on any atom is 0.178 e. The lowest BCUT2D eigenvalue weighted by Gasteiger charge is -2.19. The van der Waals surface area contributed by atoms with Gasteiger partial charge in [0, 0.05) is 37.2 Å². The number of methoxy groups -OCH3 is 1. The van der Waals surface area contributed by atoms with E-state index in [0.717, 1.165) is 23.5 Å². The summed E-state index contributed by atoms with van der Waals surface area (Å²) in [5, 5.41) is 9.66. The highest BCUT2D eigenvalue weighted by molar-refractivity contribution is 5.99. The topological polar surface area (TPSA) is 54.7 Å². The number of nitrogens with zero attached hydrogens (tertiary/aromatic N) is 2. The molecule has 0 fully saturated rings. The Labute approximate surface area is 121 Å². The average molecular weight is 282 g/mol. The predicted octanol–water partition coefficient (Wildman–Crippen LogP) is 1.25. The molecule has 1 aromatic rings. The Morgan fingerprint density at radius 2 is 2.15 bits per heavy atom. The number of carbonyl (C=O) groups excluding carboxylic acids is 1. The third kappa shape index (κ3) is 4.16. The molecule has 114 valence electrons. The molecule has 1 heterocycles. The molecule has 5 heteroatoms. The van der Waals surface area contributed by atoms with Crippen LogP contribution < -0.4 is 0 Å². The van der Waals surface area contributed by atoms with Crippen molar-refractivity contribution >= 4 is 5.78 Å². The van der Waals surface area contributed by atoms with E-state index in [1.54, 1.807) is 7.11 Å². The first-order chi connectivity index (χ1) is 9.40. The second kappa shape index (κ2) is 7.57. The minimum atomic E-state index is -0.569. The number of likely N-dealkylation sites (N-methyl/N-ethyl adjacent to an activating group) is 1. The summed E-state index contributed by atoms with van der Waals surface area (Å²) in [7, 11) is 3.38. The molecule has 0 radical (unpaired) electrons. The van der Waals surface area contributed by atoms with Gasteiger partial charge in [0.1, 0.15) is 0 Å². The Hall–Kier alpha value is -1.17. The molecule has 1 aromatic heterocycles. The summed E-state index contributed by atoms with van der Waals surface area (Å²) in [5.74, 6) is 0.0879. The zero-order valence-corrected chi connectivity index (χ0v) is 13.1. The quantitative estimate of drug-likeness (QED) is 0.729. The van der Waals surface area contributed by atoms with E-state index < -0.39 is 6.10 Å². The van der Waals surface area contributed by atoms with Crippen LogP contribution in [0.5, 0.6) is 0 Å². The van der Waals surface area contributed by atoms with Crippen LogP contribution in [0.25, 0.3) is 0 Å². The van der Waals surface area contributed by atoms with Gasteiger partial charge in [0.2, 0.25) is 0 Å². The maximum atomic E-state index is 12.3. The van der Waals surface area contributed by atoms with Gasteiger partial charge in [-0.3, -0.25) is 9.69 Å². The van der Waals surface area contributed by atoms with Crippen LogP contribution in [0, 0.1) is 13.8 Å². The minimum Gasteiger partial charge on any atom is -0.389 e. The number of hydrogen-bond donors (Lipinski definition) is 1. The largest absolute Gasteiger partial charge is 0.389 e. The fraction of sp³-hybridized carbons (Fsp3) is 0.667. The molecule has 0 aliphatic rings. The highest BCUT2D eigenvalue weighted by Crippen LogP contribution is 2.15. The Balaban J connectivity index is 2.67. The molecule has 1 unspecified atom stereocenters. The summed E-state index contributed by atoms with van der Waals surface area (Å²) in [5.41, 5.74) is 2.90. The van der Waals surface area contributed by atoms with E-state index in [-0.39, 0.29) is 12.4 Å². The molecular weight excluding hydrogens is 256 g/mol. The van der Waals surface area contributed by atoms with Gasteiger partial charge in [-0.2, -0.15) is 0 Å². The van der Waals surface area contributed by atoms with Crippen LogP contribution in [-0.2, 0) is 11.3 Å². The zero-order chi connectivity index (χ0) is 15.3. The molecule has 20 heavy (non-hydrogen) atoms. The molecule has 0 aromatic carbocycles. The molecule has 0 aliphatic heterocycles. The van der Waals surface area contributed by atoms with Crippen molar-refractivity contribution in [2.45, 2.75) is 33.4 Å². The van der Waals surface area contributed by atoms with Crippen molar-refractivity contribution in [3.05, 3.63) is 23.0 Å². The molecule has 0 amide bonds. The normalized spacial score (nSPS) is 12.9. The summed E-state index contributed by atoms with van der Waals surface area (Å²) in [6.45, 7) is 7.93. The van der Waals surface area contributed by atoms with E-state index in [1.807, 2.05) is 31.9 Å². The van der Waals surface area contributed by atoms with Crippen LogP contribution in [-0.4, -0.2) is 60.3 Å². The van der Waals surface area contributed by atoms with Gasteiger partial charge in [-0.05, 0) is 33.9 Å². The average Bonchev–Trinajstić information content (AvgIpc) is 2.64. The van der Waals surface area contributed by atoms with Crippen LogP contribution in [0.2, 0.25) is 0 Å². The van der Waals surface area contributed by atoms with E-state index in [2.05, 4.69) is 11.5 Å². The summed E-state index contributed by atoms with van der Waals surface area (Å²) in [6.07, 6.45) is -0.569. The lowest BCUT2D eigenvalue weighted by molar-refractivity contribution is 0.0427. The summed E-state index contributed by atoms with van der Waals surface area (Å²) in [6, 6.07) is 1.95. The number of aliphatic hydroxyl groups excluding tert-OH is 1. The van der Waals surface area contributed by atoms with Crippen molar-refractivity contribution in [3.63, 3.8) is 0 Å². The van der Waals surface area contributed by atoms with Gasteiger partial charge in [-0.25, -0.2) is 0 Å². The van der Waals surface area contributed by atoms with Crippen molar-refractivity contribution in [2.24, 2.45) is 0 Å². The van der Waals surface area contributed by atoms with Crippen molar-refractivity contribution < 1.29 is 14.6 Å². The van der Waals surface area contributed by atoms with Crippen LogP contribution in [0.1, 0.15) is 28.7 Å². The SMILES string of the molecule is CCn1c(C)cc(C(=O)CN(C)CC(O)COC)c1C. The van der Waals surface area contributed by atoms with Crippen LogP contribution in [0.3, 0.4) is 0 Å². The number of rotatable bonds is 8. The Bertz CT molecular complexity index is 454. The number of aryl methyl sites for hydroxylation is 1. The highest BCUT2D eigenvalue weighted by Gasteiger charge is 2.17. The van der Waals surface area contributed by atoms with Gasteiger partial charge in [0.25, 0.3) is 0 Å². The number of carbonyl (C=O) groups is 1.